The molecule has 0 spiro atoms. The maximum absolute atomic E-state index is 13.6. The van der Waals surface area contributed by atoms with Crippen molar-refractivity contribution in [2.75, 3.05) is 18.4 Å². The number of nitrogens with zero attached hydrogens (tertiary/aromatic N) is 1. The lowest BCUT2D eigenvalue weighted by Crippen LogP contribution is -2.45. The van der Waals surface area contributed by atoms with Gasteiger partial charge in [-0.15, -0.1) is 0 Å². The zero-order chi connectivity index (χ0) is 24.2. The minimum absolute atomic E-state index is 0.0604. The normalized spacial score (nSPS) is 16.9. The number of anilines is 1. The maximum Gasteiger partial charge on any atom is 0.313 e. The standard InChI is InChI=1S/C24H30FN3O4S/c1-16-7-8-17(2)22(14-16)27-24(30)23(29)26-12-11-19-6-4-5-13-28(19)33(31,32)20-9-10-21(25)18(3)15-20/h7-10,14-15,19H,4-6,11-13H2,1-3H3,(H,26,29)(H,27,30). The Hall–Kier alpha value is -2.78. The van der Waals surface area contributed by atoms with Crippen LogP contribution >= 0.6 is 0 Å². The highest BCUT2D eigenvalue weighted by Gasteiger charge is 2.33. The van der Waals surface area contributed by atoms with Gasteiger partial charge in [-0.1, -0.05) is 18.6 Å². The SMILES string of the molecule is Cc1ccc(C)c(NC(=O)C(=O)NCCC2CCCCN2S(=O)(=O)c2ccc(F)c(C)c2)c1. The highest BCUT2D eigenvalue weighted by molar-refractivity contribution is 7.89. The molecule has 2 aromatic carbocycles. The maximum atomic E-state index is 13.6. The summed E-state index contributed by atoms with van der Waals surface area (Å²) in [4.78, 5) is 24.6. The number of hydrogen-bond acceptors (Lipinski definition) is 4. The summed E-state index contributed by atoms with van der Waals surface area (Å²) < 4.78 is 41.4. The summed E-state index contributed by atoms with van der Waals surface area (Å²) in [6, 6.07) is 9.05. The summed E-state index contributed by atoms with van der Waals surface area (Å²) in [6.45, 7) is 5.80. The molecule has 9 heteroatoms. The van der Waals surface area contributed by atoms with Gasteiger partial charge in [0.15, 0.2) is 0 Å². The average Bonchev–Trinajstić information content (AvgIpc) is 2.78. The molecule has 0 saturated carbocycles. The second-order valence-electron chi connectivity index (χ2n) is 8.49. The molecule has 2 N–H and O–H groups in total. The van der Waals surface area contributed by atoms with Crippen LogP contribution in [0.25, 0.3) is 0 Å². The summed E-state index contributed by atoms with van der Waals surface area (Å²) in [6.07, 6.45) is 2.65. The smallest absolute Gasteiger partial charge is 0.313 e. The summed E-state index contributed by atoms with van der Waals surface area (Å²) in [5, 5.41) is 5.21. The van der Waals surface area contributed by atoms with Crippen molar-refractivity contribution in [2.24, 2.45) is 0 Å². The first-order chi connectivity index (χ1) is 15.6. The van der Waals surface area contributed by atoms with Crippen LogP contribution in [-0.4, -0.2) is 43.7 Å². The van der Waals surface area contributed by atoms with E-state index in [1.807, 2.05) is 26.0 Å². The molecular formula is C24H30FN3O4S. The van der Waals surface area contributed by atoms with Crippen molar-refractivity contribution in [1.82, 2.24) is 9.62 Å². The van der Waals surface area contributed by atoms with Crippen LogP contribution in [0.1, 0.15) is 42.4 Å². The molecule has 0 aliphatic carbocycles. The molecule has 1 unspecified atom stereocenters. The molecule has 0 bridgehead atoms. The van der Waals surface area contributed by atoms with Crippen molar-refractivity contribution in [2.45, 2.75) is 57.4 Å². The van der Waals surface area contributed by atoms with Crippen LogP contribution in [0.4, 0.5) is 10.1 Å². The predicted molar refractivity (Wildman–Crippen MR) is 125 cm³/mol. The molecule has 1 atom stereocenters. The third-order valence-electron chi connectivity index (χ3n) is 5.92. The van der Waals surface area contributed by atoms with E-state index in [1.54, 1.807) is 6.07 Å². The number of halogens is 1. The van der Waals surface area contributed by atoms with E-state index in [2.05, 4.69) is 10.6 Å². The fourth-order valence-electron chi connectivity index (χ4n) is 3.97. The average molecular weight is 476 g/mol. The van der Waals surface area contributed by atoms with E-state index in [4.69, 9.17) is 0 Å². The molecule has 1 saturated heterocycles. The van der Waals surface area contributed by atoms with Crippen LogP contribution in [0.15, 0.2) is 41.3 Å². The van der Waals surface area contributed by atoms with E-state index in [-0.39, 0.29) is 23.0 Å². The Labute approximate surface area is 194 Å². The number of sulfonamides is 1. The van der Waals surface area contributed by atoms with E-state index in [0.29, 0.717) is 25.1 Å². The molecule has 1 aliphatic rings. The molecule has 1 aliphatic heterocycles. The number of carbonyl (C=O) groups excluding carboxylic acids is 2. The van der Waals surface area contributed by atoms with E-state index < -0.39 is 27.7 Å². The van der Waals surface area contributed by atoms with E-state index >= 15 is 0 Å². The third kappa shape index (κ3) is 5.97. The second kappa shape index (κ2) is 10.4. The van der Waals surface area contributed by atoms with Crippen LogP contribution in [0.2, 0.25) is 0 Å². The van der Waals surface area contributed by atoms with Gasteiger partial charge in [0.05, 0.1) is 4.90 Å². The second-order valence-corrected chi connectivity index (χ2v) is 10.4. The quantitative estimate of drug-likeness (QED) is 0.626. The van der Waals surface area contributed by atoms with Gasteiger partial charge in [0.2, 0.25) is 10.0 Å². The number of benzene rings is 2. The van der Waals surface area contributed by atoms with Crippen molar-refractivity contribution in [3.05, 3.63) is 58.9 Å². The van der Waals surface area contributed by atoms with E-state index in [9.17, 15) is 22.4 Å². The Morgan fingerprint density at radius 1 is 1.03 bits per heavy atom. The fourth-order valence-corrected chi connectivity index (χ4v) is 5.78. The number of nitrogens with one attached hydrogen (secondary N) is 2. The molecule has 33 heavy (non-hydrogen) atoms. The number of amides is 2. The van der Waals surface area contributed by atoms with Gasteiger partial charge in [0, 0.05) is 24.8 Å². The summed E-state index contributed by atoms with van der Waals surface area (Å²) in [7, 11) is -3.79. The van der Waals surface area contributed by atoms with Crippen LogP contribution in [-0.2, 0) is 19.6 Å². The van der Waals surface area contributed by atoms with E-state index in [0.717, 1.165) is 30.0 Å². The van der Waals surface area contributed by atoms with Crippen LogP contribution in [0, 0.1) is 26.6 Å². The van der Waals surface area contributed by atoms with Crippen molar-refractivity contribution in [3.63, 3.8) is 0 Å². The Morgan fingerprint density at radius 2 is 1.79 bits per heavy atom. The molecule has 7 nitrogen and oxygen atoms in total. The molecule has 1 fully saturated rings. The van der Waals surface area contributed by atoms with Gasteiger partial charge < -0.3 is 10.6 Å². The number of hydrogen-bond donors (Lipinski definition) is 2. The largest absolute Gasteiger partial charge is 0.348 e. The Bertz CT molecular complexity index is 1150. The summed E-state index contributed by atoms with van der Waals surface area (Å²) in [5.41, 5.74) is 2.66. The van der Waals surface area contributed by atoms with Gasteiger partial charge in [0.25, 0.3) is 0 Å². The molecule has 0 radical (unpaired) electrons. The molecule has 2 aromatic rings. The molecule has 2 amide bonds. The first-order valence-corrected chi connectivity index (χ1v) is 12.5. The number of rotatable bonds is 6. The highest BCUT2D eigenvalue weighted by atomic mass is 32.2. The first-order valence-electron chi connectivity index (χ1n) is 11.0. The number of carbonyl (C=O) groups is 2. The first kappa shape index (κ1) is 24.9. The minimum atomic E-state index is -3.79. The van der Waals surface area contributed by atoms with Crippen molar-refractivity contribution in [3.8, 4) is 0 Å². The van der Waals surface area contributed by atoms with Gasteiger partial charge in [-0.05, 0) is 81.0 Å². The van der Waals surface area contributed by atoms with Crippen LogP contribution in [0.3, 0.4) is 0 Å². The van der Waals surface area contributed by atoms with Gasteiger partial charge in [-0.25, -0.2) is 12.8 Å². The van der Waals surface area contributed by atoms with Gasteiger partial charge >= 0.3 is 11.8 Å². The Balaban J connectivity index is 1.61. The molecule has 3 rings (SSSR count). The lowest BCUT2D eigenvalue weighted by Gasteiger charge is -2.34. The zero-order valence-electron chi connectivity index (χ0n) is 19.2. The zero-order valence-corrected chi connectivity index (χ0v) is 20.0. The molecular weight excluding hydrogens is 445 g/mol. The third-order valence-corrected chi connectivity index (χ3v) is 7.87. The van der Waals surface area contributed by atoms with Crippen LogP contribution in [0.5, 0.6) is 0 Å². The van der Waals surface area contributed by atoms with Gasteiger partial charge in [-0.2, -0.15) is 4.31 Å². The van der Waals surface area contributed by atoms with E-state index in [1.165, 1.54) is 23.4 Å². The monoisotopic (exact) mass is 475 g/mol. The van der Waals surface area contributed by atoms with Gasteiger partial charge in [0.1, 0.15) is 5.82 Å². The Morgan fingerprint density at radius 3 is 2.52 bits per heavy atom. The predicted octanol–water partition coefficient (Wildman–Crippen LogP) is 3.44. The minimum Gasteiger partial charge on any atom is -0.348 e. The van der Waals surface area contributed by atoms with Crippen molar-refractivity contribution in [1.29, 1.82) is 0 Å². The number of aryl methyl sites for hydroxylation is 3. The van der Waals surface area contributed by atoms with Crippen LogP contribution < -0.4 is 10.6 Å². The van der Waals surface area contributed by atoms with Crippen molar-refractivity contribution < 1.29 is 22.4 Å². The lowest BCUT2D eigenvalue weighted by atomic mass is 10.0. The van der Waals surface area contributed by atoms with Crippen molar-refractivity contribution >= 4 is 27.5 Å². The fraction of sp³-hybridized carbons (Fsp3) is 0.417. The molecule has 0 aromatic heterocycles. The Kier molecular flexibility index (Phi) is 7.86. The summed E-state index contributed by atoms with van der Waals surface area (Å²) in [5.74, 6) is -1.99. The lowest BCUT2D eigenvalue weighted by molar-refractivity contribution is -0.136. The topological polar surface area (TPSA) is 95.6 Å². The molecule has 1 heterocycles. The van der Waals surface area contributed by atoms with Gasteiger partial charge in [-0.3, -0.25) is 9.59 Å². The summed E-state index contributed by atoms with van der Waals surface area (Å²) >= 11 is 0. The highest BCUT2D eigenvalue weighted by Crippen LogP contribution is 2.27. The number of piperidine rings is 1. The molecule has 178 valence electrons.